The van der Waals surface area contributed by atoms with Crippen molar-refractivity contribution in [2.45, 2.75) is 11.3 Å². The predicted molar refractivity (Wildman–Crippen MR) is 109 cm³/mol. The highest BCUT2D eigenvalue weighted by Gasteiger charge is 2.36. The molecule has 0 bridgehead atoms. The summed E-state index contributed by atoms with van der Waals surface area (Å²) in [7, 11) is 0. The fraction of sp³-hybridized carbons (Fsp3) is 0.238. The Morgan fingerprint density at radius 3 is 2.83 bits per heavy atom. The summed E-state index contributed by atoms with van der Waals surface area (Å²) in [6, 6.07) is 16.1. The molecule has 1 atom stereocenters. The summed E-state index contributed by atoms with van der Waals surface area (Å²) in [5.74, 6) is -1.92. The fourth-order valence-corrected chi connectivity index (χ4v) is 3.48. The molecule has 29 heavy (non-hydrogen) atoms. The normalized spacial score (nSPS) is 15.7. The highest BCUT2D eigenvalue weighted by atomic mass is 32.2. The highest BCUT2D eigenvalue weighted by molar-refractivity contribution is 7.98. The molecule has 0 unspecified atom stereocenters. The Kier molecular flexibility index (Phi) is 6.52. The Morgan fingerprint density at radius 1 is 1.28 bits per heavy atom. The van der Waals surface area contributed by atoms with Crippen LogP contribution in [0, 0.1) is 17.2 Å². The molecule has 2 aromatic rings. The zero-order valence-corrected chi connectivity index (χ0v) is 16.6. The second kappa shape index (κ2) is 9.26. The van der Waals surface area contributed by atoms with Crippen LogP contribution in [0.15, 0.2) is 53.4 Å². The monoisotopic (exact) mass is 409 g/mol. The minimum Gasteiger partial charge on any atom is -0.455 e. The molecular formula is C21H19N3O4S. The van der Waals surface area contributed by atoms with Gasteiger partial charge in [0.05, 0.1) is 17.2 Å². The van der Waals surface area contributed by atoms with E-state index in [4.69, 9.17) is 10.00 Å². The van der Waals surface area contributed by atoms with Gasteiger partial charge in [-0.2, -0.15) is 5.26 Å². The van der Waals surface area contributed by atoms with Crippen LogP contribution in [-0.4, -0.2) is 37.2 Å². The summed E-state index contributed by atoms with van der Waals surface area (Å²) < 4.78 is 5.09. The van der Waals surface area contributed by atoms with E-state index in [1.54, 1.807) is 40.9 Å². The lowest BCUT2D eigenvalue weighted by Crippen LogP contribution is -2.28. The summed E-state index contributed by atoms with van der Waals surface area (Å²) in [6.45, 7) is -0.264. The number of carbonyl (C=O) groups is 3. The van der Waals surface area contributed by atoms with Crippen LogP contribution in [0.25, 0.3) is 0 Å². The molecule has 2 amide bonds. The van der Waals surface area contributed by atoms with Crippen molar-refractivity contribution in [3.05, 3.63) is 54.1 Å². The molecule has 0 aliphatic carbocycles. The molecule has 0 spiro atoms. The zero-order valence-electron chi connectivity index (χ0n) is 15.8. The summed E-state index contributed by atoms with van der Waals surface area (Å²) in [4.78, 5) is 39.3. The van der Waals surface area contributed by atoms with Gasteiger partial charge in [0, 0.05) is 23.5 Å². The molecule has 2 aromatic carbocycles. The molecule has 1 heterocycles. The number of nitrogens with zero attached hydrogens (tertiary/aromatic N) is 2. The van der Waals surface area contributed by atoms with Gasteiger partial charge in [0.2, 0.25) is 5.91 Å². The van der Waals surface area contributed by atoms with Gasteiger partial charge in [0.1, 0.15) is 6.07 Å². The summed E-state index contributed by atoms with van der Waals surface area (Å²) in [6.07, 6.45) is 1.99. The topological polar surface area (TPSA) is 99.5 Å². The lowest BCUT2D eigenvalue weighted by Gasteiger charge is -2.17. The number of hydrogen-bond donors (Lipinski definition) is 1. The number of thioether (sulfide) groups is 1. The lowest BCUT2D eigenvalue weighted by atomic mass is 10.1. The number of ether oxygens (including phenoxy) is 1. The number of benzene rings is 2. The van der Waals surface area contributed by atoms with E-state index in [1.165, 1.54) is 0 Å². The number of hydrogen-bond acceptors (Lipinski definition) is 6. The van der Waals surface area contributed by atoms with Crippen LogP contribution >= 0.6 is 11.8 Å². The van der Waals surface area contributed by atoms with Gasteiger partial charge < -0.3 is 15.0 Å². The number of esters is 1. The van der Waals surface area contributed by atoms with Gasteiger partial charge >= 0.3 is 5.97 Å². The third-order valence-corrected chi connectivity index (χ3v) is 5.22. The van der Waals surface area contributed by atoms with Crippen LogP contribution in [0.4, 0.5) is 11.4 Å². The van der Waals surface area contributed by atoms with Crippen LogP contribution in [0.3, 0.4) is 0 Å². The minimum absolute atomic E-state index is 0.0429. The third-order valence-electron chi connectivity index (χ3n) is 4.49. The van der Waals surface area contributed by atoms with Crippen molar-refractivity contribution in [1.82, 2.24) is 0 Å². The van der Waals surface area contributed by atoms with E-state index in [0.29, 0.717) is 11.3 Å². The second-order valence-corrected chi connectivity index (χ2v) is 7.30. The van der Waals surface area contributed by atoms with Crippen LogP contribution < -0.4 is 10.2 Å². The van der Waals surface area contributed by atoms with Gasteiger partial charge in [0.25, 0.3) is 5.91 Å². The van der Waals surface area contributed by atoms with Crippen molar-refractivity contribution in [3.8, 4) is 6.07 Å². The van der Waals surface area contributed by atoms with Crippen LogP contribution in [0.2, 0.25) is 0 Å². The first kappa shape index (κ1) is 20.4. The average molecular weight is 409 g/mol. The number of amides is 2. The Morgan fingerprint density at radius 2 is 2.07 bits per heavy atom. The van der Waals surface area contributed by atoms with Crippen LogP contribution in [-0.2, 0) is 19.1 Å². The van der Waals surface area contributed by atoms with E-state index >= 15 is 0 Å². The predicted octanol–water partition coefficient (Wildman–Crippen LogP) is 2.81. The number of anilines is 2. The number of para-hydroxylation sites is 1. The van der Waals surface area contributed by atoms with Gasteiger partial charge in [-0.15, -0.1) is 11.8 Å². The van der Waals surface area contributed by atoms with E-state index in [2.05, 4.69) is 5.32 Å². The number of carbonyl (C=O) groups excluding carboxylic acids is 3. The number of nitriles is 1. The molecule has 3 rings (SSSR count). The van der Waals surface area contributed by atoms with E-state index in [-0.39, 0.29) is 18.9 Å². The van der Waals surface area contributed by atoms with Crippen molar-refractivity contribution in [2.24, 2.45) is 5.92 Å². The third kappa shape index (κ3) is 4.95. The minimum atomic E-state index is -0.625. The summed E-state index contributed by atoms with van der Waals surface area (Å²) >= 11 is 1.57. The maximum absolute atomic E-state index is 12.3. The highest BCUT2D eigenvalue weighted by Crippen LogP contribution is 2.28. The maximum Gasteiger partial charge on any atom is 0.311 e. The first-order valence-corrected chi connectivity index (χ1v) is 10.1. The largest absolute Gasteiger partial charge is 0.455 e. The molecule has 0 aromatic heterocycles. The Labute approximate surface area is 172 Å². The van der Waals surface area contributed by atoms with Gasteiger partial charge in [-0.3, -0.25) is 14.4 Å². The molecule has 8 heteroatoms. The van der Waals surface area contributed by atoms with E-state index in [0.717, 1.165) is 10.6 Å². The lowest BCUT2D eigenvalue weighted by molar-refractivity contribution is -0.151. The molecule has 1 saturated heterocycles. The van der Waals surface area contributed by atoms with E-state index in [9.17, 15) is 14.4 Å². The van der Waals surface area contributed by atoms with Gasteiger partial charge in [-0.05, 0) is 36.6 Å². The second-order valence-electron chi connectivity index (χ2n) is 6.42. The Balaban J connectivity index is 1.55. The molecule has 1 fully saturated rings. The van der Waals surface area contributed by atoms with Crippen molar-refractivity contribution in [1.29, 1.82) is 5.26 Å². The number of rotatable bonds is 6. The average Bonchev–Trinajstić information content (AvgIpc) is 3.14. The first-order chi connectivity index (χ1) is 14.0. The van der Waals surface area contributed by atoms with Crippen LogP contribution in [0.1, 0.15) is 12.0 Å². The molecular weight excluding hydrogens is 390 g/mol. The molecule has 1 aliphatic rings. The van der Waals surface area contributed by atoms with Gasteiger partial charge in [0.15, 0.2) is 6.61 Å². The Hall–Kier alpha value is -3.31. The van der Waals surface area contributed by atoms with Crippen molar-refractivity contribution < 1.29 is 19.1 Å². The molecule has 148 valence electrons. The standard InChI is InChI=1S/C21H19N3O4S/c1-29-17-7-4-6-16(10-17)24-12-15(9-20(24)26)21(27)28-13-19(25)23-18-8-3-2-5-14(18)11-22/h2-8,10,15H,9,12-13H2,1H3,(H,23,25)/t15-/m1/s1. The van der Waals surface area contributed by atoms with Gasteiger partial charge in [-0.25, -0.2) is 0 Å². The maximum atomic E-state index is 12.3. The summed E-state index contributed by atoms with van der Waals surface area (Å²) in [5.41, 5.74) is 1.41. The van der Waals surface area contributed by atoms with Crippen molar-refractivity contribution in [3.63, 3.8) is 0 Å². The first-order valence-electron chi connectivity index (χ1n) is 8.92. The zero-order chi connectivity index (χ0) is 20.8. The van der Waals surface area contributed by atoms with E-state index in [1.807, 2.05) is 36.6 Å². The van der Waals surface area contributed by atoms with Crippen molar-refractivity contribution in [2.75, 3.05) is 29.6 Å². The Bertz CT molecular complexity index is 986. The molecule has 0 radical (unpaired) electrons. The van der Waals surface area contributed by atoms with Crippen molar-refractivity contribution >= 4 is 40.9 Å². The molecule has 1 N–H and O–H groups in total. The number of nitrogens with one attached hydrogen (secondary N) is 1. The summed E-state index contributed by atoms with van der Waals surface area (Å²) in [5, 5.41) is 11.6. The van der Waals surface area contributed by atoms with Crippen LogP contribution in [0.5, 0.6) is 0 Å². The smallest absolute Gasteiger partial charge is 0.311 e. The molecule has 0 saturated carbocycles. The quantitative estimate of drug-likeness (QED) is 0.582. The van der Waals surface area contributed by atoms with E-state index < -0.39 is 24.4 Å². The molecule has 7 nitrogen and oxygen atoms in total. The van der Waals surface area contributed by atoms with Gasteiger partial charge in [-0.1, -0.05) is 18.2 Å². The SMILES string of the molecule is CSc1cccc(N2C[C@H](C(=O)OCC(=O)Nc3ccccc3C#N)CC2=O)c1. The molecule has 1 aliphatic heterocycles. The fourth-order valence-electron chi connectivity index (χ4n) is 3.02.